The van der Waals surface area contributed by atoms with Crippen molar-refractivity contribution < 1.29 is 9.90 Å². The van der Waals surface area contributed by atoms with E-state index in [9.17, 15) is 14.7 Å². The number of benzene rings is 1. The molecule has 2 N–H and O–H groups in total. The lowest BCUT2D eigenvalue weighted by Gasteiger charge is -2.28. The number of fused-ring (bicyclic) bond motifs is 3. The molecule has 1 fully saturated rings. The van der Waals surface area contributed by atoms with E-state index in [1.807, 2.05) is 0 Å². The number of nitrogens with one attached hydrogen (secondary N) is 1. The van der Waals surface area contributed by atoms with Crippen molar-refractivity contribution in [3.05, 3.63) is 40.3 Å². The van der Waals surface area contributed by atoms with Crippen molar-refractivity contribution in [1.82, 2.24) is 14.5 Å². The summed E-state index contributed by atoms with van der Waals surface area (Å²) in [5.41, 5.74) is 0.936. The molecule has 0 bridgehead atoms. The predicted molar refractivity (Wildman–Crippen MR) is 114 cm³/mol. The topological polar surface area (TPSA) is 97.1 Å². The molecule has 152 valence electrons. The second-order valence-electron chi connectivity index (χ2n) is 7.77. The number of pyridine rings is 1. The van der Waals surface area contributed by atoms with E-state index in [1.165, 1.54) is 0 Å². The van der Waals surface area contributed by atoms with E-state index < -0.39 is 0 Å². The SMILES string of the molecule is CCCCNc1ncc2c3ccc(C=O)cc3c(=O)n(C3CCC(O)CC3)c2n1. The maximum atomic E-state index is 13.5. The molecule has 1 aliphatic carbocycles. The summed E-state index contributed by atoms with van der Waals surface area (Å²) in [5.74, 6) is 0.513. The molecule has 0 saturated heterocycles. The number of nitrogens with zero attached hydrogens (tertiary/aromatic N) is 3. The van der Waals surface area contributed by atoms with Gasteiger partial charge in [-0.15, -0.1) is 0 Å². The molecule has 29 heavy (non-hydrogen) atoms. The number of aromatic nitrogens is 3. The fraction of sp³-hybridized carbons (Fsp3) is 0.455. The molecule has 0 atom stereocenters. The molecule has 1 aliphatic rings. The van der Waals surface area contributed by atoms with Gasteiger partial charge in [0, 0.05) is 35.1 Å². The van der Waals surface area contributed by atoms with E-state index in [0.717, 1.165) is 49.3 Å². The molecule has 0 aliphatic heterocycles. The molecule has 7 nitrogen and oxygen atoms in total. The minimum absolute atomic E-state index is 0.0314. The number of carbonyl (C=O) groups is 1. The Morgan fingerprint density at radius 3 is 2.72 bits per heavy atom. The van der Waals surface area contributed by atoms with Crippen molar-refractivity contribution in [2.75, 3.05) is 11.9 Å². The van der Waals surface area contributed by atoms with Gasteiger partial charge in [-0.3, -0.25) is 14.2 Å². The van der Waals surface area contributed by atoms with E-state index >= 15 is 0 Å². The molecular weight excluding hydrogens is 368 g/mol. The van der Waals surface area contributed by atoms with Gasteiger partial charge in [0.1, 0.15) is 11.9 Å². The van der Waals surface area contributed by atoms with Crippen molar-refractivity contribution in [3.8, 4) is 0 Å². The summed E-state index contributed by atoms with van der Waals surface area (Å²) in [4.78, 5) is 33.9. The van der Waals surface area contributed by atoms with Gasteiger partial charge < -0.3 is 10.4 Å². The van der Waals surface area contributed by atoms with Crippen LogP contribution in [0.15, 0.2) is 29.2 Å². The minimum Gasteiger partial charge on any atom is -0.393 e. The summed E-state index contributed by atoms with van der Waals surface area (Å²) in [7, 11) is 0. The quantitative estimate of drug-likeness (QED) is 0.378. The second kappa shape index (κ2) is 8.29. The van der Waals surface area contributed by atoms with Crippen LogP contribution in [0, 0.1) is 0 Å². The zero-order chi connectivity index (χ0) is 20.4. The van der Waals surface area contributed by atoms with Gasteiger partial charge in [-0.2, -0.15) is 4.98 Å². The highest BCUT2D eigenvalue weighted by Gasteiger charge is 2.25. The highest BCUT2D eigenvalue weighted by Crippen LogP contribution is 2.32. The van der Waals surface area contributed by atoms with Crippen LogP contribution in [-0.2, 0) is 0 Å². The number of rotatable bonds is 6. The first-order valence-electron chi connectivity index (χ1n) is 10.3. The zero-order valence-corrected chi connectivity index (χ0v) is 16.6. The molecule has 4 rings (SSSR count). The maximum Gasteiger partial charge on any atom is 0.260 e. The average molecular weight is 394 g/mol. The Bertz CT molecular complexity index is 1100. The van der Waals surface area contributed by atoms with Gasteiger partial charge in [-0.05, 0) is 43.6 Å². The van der Waals surface area contributed by atoms with Crippen molar-refractivity contribution in [2.24, 2.45) is 0 Å². The minimum atomic E-state index is -0.309. The third kappa shape index (κ3) is 3.74. The van der Waals surface area contributed by atoms with E-state index in [4.69, 9.17) is 4.98 Å². The summed E-state index contributed by atoms with van der Waals surface area (Å²) in [6, 6.07) is 5.12. The van der Waals surface area contributed by atoms with Crippen LogP contribution in [0.3, 0.4) is 0 Å². The number of carbonyl (C=O) groups excluding carboxylic acids is 1. The van der Waals surface area contributed by atoms with Crippen LogP contribution in [0.4, 0.5) is 5.95 Å². The van der Waals surface area contributed by atoms with E-state index in [2.05, 4.69) is 17.2 Å². The first-order chi connectivity index (χ1) is 14.1. The predicted octanol–water partition coefficient (Wildman–Crippen LogP) is 3.45. The molecule has 2 aromatic heterocycles. The van der Waals surface area contributed by atoms with Crippen LogP contribution in [0.25, 0.3) is 21.8 Å². The standard InChI is InChI=1S/C22H26N4O3/c1-2-3-10-23-22-24-12-19-17-9-4-14(13-27)11-18(17)21(29)26(20(19)25-22)15-5-7-16(28)8-6-15/h4,9,11-13,15-16,28H,2-3,5-8,10H2,1H3,(H,23,24,25). The molecule has 0 spiro atoms. The van der Waals surface area contributed by atoms with Gasteiger partial charge in [0.15, 0.2) is 0 Å². The summed E-state index contributed by atoms with van der Waals surface area (Å²) in [6.07, 6.45) is 7.05. The number of aliphatic hydroxyl groups excluding tert-OH is 1. The van der Waals surface area contributed by atoms with Gasteiger partial charge in [-0.25, -0.2) is 4.98 Å². The molecule has 2 heterocycles. The Hall–Kier alpha value is -2.80. The fourth-order valence-electron chi connectivity index (χ4n) is 4.14. The molecule has 1 saturated carbocycles. The van der Waals surface area contributed by atoms with Gasteiger partial charge in [0.25, 0.3) is 5.56 Å². The molecule has 0 amide bonds. The molecule has 7 heteroatoms. The lowest BCUT2D eigenvalue weighted by Crippen LogP contribution is -2.30. The van der Waals surface area contributed by atoms with E-state index in [1.54, 1.807) is 29.0 Å². The largest absolute Gasteiger partial charge is 0.393 e. The van der Waals surface area contributed by atoms with E-state index in [0.29, 0.717) is 35.4 Å². The van der Waals surface area contributed by atoms with Crippen molar-refractivity contribution in [1.29, 1.82) is 0 Å². The lowest BCUT2D eigenvalue weighted by atomic mass is 9.92. The first-order valence-corrected chi connectivity index (χ1v) is 10.3. The summed E-state index contributed by atoms with van der Waals surface area (Å²) < 4.78 is 1.75. The number of hydrogen-bond donors (Lipinski definition) is 2. The van der Waals surface area contributed by atoms with Crippen LogP contribution in [-0.4, -0.2) is 38.6 Å². The zero-order valence-electron chi connectivity index (χ0n) is 16.6. The van der Waals surface area contributed by atoms with Crippen LogP contribution in [0.1, 0.15) is 61.8 Å². The Labute approximate surface area is 168 Å². The Balaban J connectivity index is 1.93. The number of aldehydes is 1. The molecule has 3 aromatic rings. The molecule has 0 radical (unpaired) electrons. The van der Waals surface area contributed by atoms with Gasteiger partial charge >= 0.3 is 0 Å². The van der Waals surface area contributed by atoms with Gasteiger partial charge in [0.2, 0.25) is 5.95 Å². The van der Waals surface area contributed by atoms with E-state index in [-0.39, 0.29) is 17.7 Å². The van der Waals surface area contributed by atoms with Crippen molar-refractivity contribution in [2.45, 2.75) is 57.6 Å². The van der Waals surface area contributed by atoms with Gasteiger partial charge in [-0.1, -0.05) is 25.5 Å². The summed E-state index contributed by atoms with van der Waals surface area (Å²) in [6.45, 7) is 2.90. The average Bonchev–Trinajstić information content (AvgIpc) is 2.75. The number of anilines is 1. The number of aliphatic hydroxyl groups is 1. The van der Waals surface area contributed by atoms with Crippen molar-refractivity contribution in [3.63, 3.8) is 0 Å². The molecule has 1 aromatic carbocycles. The van der Waals surface area contributed by atoms with Crippen LogP contribution < -0.4 is 10.9 Å². The summed E-state index contributed by atoms with van der Waals surface area (Å²) >= 11 is 0. The van der Waals surface area contributed by atoms with Crippen LogP contribution in [0.2, 0.25) is 0 Å². The number of unbranched alkanes of at least 4 members (excludes halogenated alkanes) is 1. The van der Waals surface area contributed by atoms with Gasteiger partial charge in [0.05, 0.1) is 6.10 Å². The first kappa shape index (κ1) is 19.5. The second-order valence-corrected chi connectivity index (χ2v) is 7.77. The highest BCUT2D eigenvalue weighted by atomic mass is 16.3. The smallest absolute Gasteiger partial charge is 0.260 e. The number of hydrogen-bond acceptors (Lipinski definition) is 6. The van der Waals surface area contributed by atoms with Crippen LogP contribution >= 0.6 is 0 Å². The Morgan fingerprint density at radius 1 is 1.21 bits per heavy atom. The fourth-order valence-corrected chi connectivity index (χ4v) is 4.14. The Kier molecular flexibility index (Phi) is 5.58. The summed E-state index contributed by atoms with van der Waals surface area (Å²) in [5, 5.41) is 15.2. The van der Waals surface area contributed by atoms with Crippen LogP contribution in [0.5, 0.6) is 0 Å². The molecular formula is C22H26N4O3. The molecule has 0 unspecified atom stereocenters. The van der Waals surface area contributed by atoms with Crippen molar-refractivity contribution >= 4 is 34.0 Å². The monoisotopic (exact) mass is 394 g/mol. The normalized spacial score (nSPS) is 19.5. The lowest BCUT2D eigenvalue weighted by molar-refractivity contribution is 0.110. The highest BCUT2D eigenvalue weighted by molar-refractivity contribution is 6.05. The maximum absolute atomic E-state index is 13.5. The third-order valence-electron chi connectivity index (χ3n) is 5.76. The Morgan fingerprint density at radius 2 is 2.00 bits per heavy atom. The third-order valence-corrected chi connectivity index (χ3v) is 5.76.